The van der Waals surface area contributed by atoms with Crippen molar-refractivity contribution in [3.63, 3.8) is 0 Å². The van der Waals surface area contributed by atoms with Crippen molar-refractivity contribution in [3.8, 4) is 21.4 Å². The van der Waals surface area contributed by atoms with Crippen LogP contribution in [0.1, 0.15) is 20.9 Å². The Bertz CT molecular complexity index is 943. The van der Waals surface area contributed by atoms with Crippen molar-refractivity contribution in [2.24, 2.45) is 0 Å². The van der Waals surface area contributed by atoms with Gasteiger partial charge in [0.15, 0.2) is 11.5 Å². The number of thiophene rings is 1. The topological polar surface area (TPSA) is 60.5 Å². The number of hydrogen-bond acceptors (Lipinski definition) is 6. The number of carbonyl (C=O) groups is 1. The lowest BCUT2D eigenvalue weighted by Gasteiger charge is -2.11. The predicted octanol–water partition coefficient (Wildman–Crippen LogP) is 4.76. The molecule has 0 bridgehead atoms. The second-order valence-electron chi connectivity index (χ2n) is 5.78. The van der Waals surface area contributed by atoms with E-state index in [4.69, 9.17) is 4.74 Å². The van der Waals surface area contributed by atoms with Gasteiger partial charge in [0.2, 0.25) is 0 Å². The maximum absolute atomic E-state index is 12.5. The number of benzene rings is 1. The number of alkyl halides is 2. The summed E-state index contributed by atoms with van der Waals surface area (Å²) < 4.78 is 34.5. The molecular weight excluding hydrogens is 406 g/mol. The molecule has 0 atom stereocenters. The Kier molecular flexibility index (Phi) is 6.58. The lowest BCUT2D eigenvalue weighted by Crippen LogP contribution is -2.25. The van der Waals surface area contributed by atoms with Crippen molar-refractivity contribution >= 4 is 28.6 Å². The average Bonchev–Trinajstić information content (AvgIpc) is 3.31. The van der Waals surface area contributed by atoms with Crippen LogP contribution in [0.2, 0.25) is 0 Å². The lowest BCUT2D eigenvalue weighted by atomic mass is 10.1. The summed E-state index contributed by atoms with van der Waals surface area (Å²) in [6.45, 7) is -0.777. The zero-order valence-corrected chi connectivity index (χ0v) is 16.8. The van der Waals surface area contributed by atoms with Gasteiger partial charge < -0.3 is 14.8 Å². The van der Waals surface area contributed by atoms with E-state index in [-0.39, 0.29) is 17.4 Å². The zero-order chi connectivity index (χ0) is 20.1. The van der Waals surface area contributed by atoms with Crippen molar-refractivity contribution in [3.05, 3.63) is 51.8 Å². The molecule has 0 saturated heterocycles. The van der Waals surface area contributed by atoms with Crippen molar-refractivity contribution in [2.75, 3.05) is 13.7 Å². The largest absolute Gasteiger partial charge is 0.493 e. The number of methoxy groups -OCH3 is 1. The molecule has 2 aromatic heterocycles. The molecule has 0 aliphatic carbocycles. The number of aryl methyl sites for hydroxylation is 1. The van der Waals surface area contributed by atoms with E-state index in [0.717, 1.165) is 15.4 Å². The third-order valence-corrected chi connectivity index (χ3v) is 6.07. The van der Waals surface area contributed by atoms with E-state index in [1.807, 2.05) is 17.5 Å². The number of hydrogen-bond donors (Lipinski definition) is 1. The number of amides is 1. The number of ether oxygens (including phenoxy) is 2. The standard InChI is InChI=1S/C19H18F2N2O3S2/c1-11-16(28-18(23-11)15-4-3-9-27-15)17(24)22-8-7-12-5-6-13(25-2)14(10-12)26-19(20)21/h3-6,9-10,19H,7-8H2,1-2H3,(H,22,24). The van der Waals surface area contributed by atoms with Gasteiger partial charge in [-0.05, 0) is 42.5 Å². The van der Waals surface area contributed by atoms with Gasteiger partial charge in [-0.3, -0.25) is 4.79 Å². The molecule has 0 aliphatic rings. The summed E-state index contributed by atoms with van der Waals surface area (Å²) in [6, 6.07) is 8.71. The van der Waals surface area contributed by atoms with Gasteiger partial charge in [0.05, 0.1) is 17.7 Å². The Balaban J connectivity index is 1.61. The van der Waals surface area contributed by atoms with Crippen LogP contribution in [0.25, 0.3) is 9.88 Å². The minimum absolute atomic E-state index is 0.0276. The molecule has 2 heterocycles. The van der Waals surface area contributed by atoms with E-state index in [1.165, 1.54) is 24.5 Å². The SMILES string of the molecule is COc1ccc(CCNC(=O)c2sc(-c3cccs3)nc2C)cc1OC(F)F. The van der Waals surface area contributed by atoms with E-state index in [2.05, 4.69) is 15.0 Å². The Morgan fingerprint density at radius 2 is 2.11 bits per heavy atom. The van der Waals surface area contributed by atoms with Gasteiger partial charge in [-0.1, -0.05) is 12.1 Å². The van der Waals surface area contributed by atoms with Crippen molar-refractivity contribution < 1.29 is 23.0 Å². The molecule has 9 heteroatoms. The van der Waals surface area contributed by atoms with Gasteiger partial charge in [-0.25, -0.2) is 4.98 Å². The van der Waals surface area contributed by atoms with Crippen LogP contribution in [0.4, 0.5) is 8.78 Å². The van der Waals surface area contributed by atoms with Crippen LogP contribution < -0.4 is 14.8 Å². The van der Waals surface area contributed by atoms with E-state index in [9.17, 15) is 13.6 Å². The van der Waals surface area contributed by atoms with Gasteiger partial charge in [-0.15, -0.1) is 22.7 Å². The number of carbonyl (C=O) groups excluding carboxylic acids is 1. The molecule has 0 aliphatic heterocycles. The number of nitrogens with zero attached hydrogens (tertiary/aromatic N) is 1. The summed E-state index contributed by atoms with van der Waals surface area (Å²) in [5, 5.41) is 5.64. The van der Waals surface area contributed by atoms with Gasteiger partial charge >= 0.3 is 6.61 Å². The third kappa shape index (κ3) is 4.85. The van der Waals surface area contributed by atoms with E-state index in [0.29, 0.717) is 23.5 Å². The molecule has 1 aromatic carbocycles. The molecule has 148 valence electrons. The molecule has 0 unspecified atom stereocenters. The highest BCUT2D eigenvalue weighted by Crippen LogP contribution is 2.31. The van der Waals surface area contributed by atoms with Gasteiger partial charge in [0, 0.05) is 6.54 Å². The summed E-state index contributed by atoms with van der Waals surface area (Å²) in [6.07, 6.45) is 0.463. The van der Waals surface area contributed by atoms with Gasteiger partial charge in [-0.2, -0.15) is 8.78 Å². The number of halogens is 2. The average molecular weight is 424 g/mol. The van der Waals surface area contributed by atoms with Gasteiger partial charge in [0.1, 0.15) is 9.88 Å². The molecule has 0 saturated carbocycles. The molecule has 3 rings (SSSR count). The molecule has 0 spiro atoms. The van der Waals surface area contributed by atoms with Crippen LogP contribution in [-0.4, -0.2) is 31.2 Å². The fraction of sp³-hybridized carbons (Fsp3) is 0.263. The molecule has 5 nitrogen and oxygen atoms in total. The summed E-state index contributed by atoms with van der Waals surface area (Å²) in [5.74, 6) is 0.00469. The number of thiazole rings is 1. The van der Waals surface area contributed by atoms with Crippen LogP contribution in [0.3, 0.4) is 0 Å². The Hall–Kier alpha value is -2.52. The van der Waals surface area contributed by atoms with E-state index in [1.54, 1.807) is 30.4 Å². The fourth-order valence-corrected chi connectivity index (χ4v) is 4.36. The van der Waals surface area contributed by atoms with Crippen LogP contribution in [0.15, 0.2) is 35.7 Å². The maximum atomic E-state index is 12.5. The lowest BCUT2D eigenvalue weighted by molar-refractivity contribution is -0.0512. The monoisotopic (exact) mass is 424 g/mol. The van der Waals surface area contributed by atoms with Crippen LogP contribution in [0.5, 0.6) is 11.5 Å². The molecule has 0 fully saturated rings. The predicted molar refractivity (Wildman–Crippen MR) is 106 cm³/mol. The van der Waals surface area contributed by atoms with Crippen molar-refractivity contribution in [2.45, 2.75) is 20.0 Å². The van der Waals surface area contributed by atoms with Crippen molar-refractivity contribution in [1.82, 2.24) is 10.3 Å². The third-order valence-electron chi connectivity index (χ3n) is 3.88. The molecule has 0 radical (unpaired) electrons. The van der Waals surface area contributed by atoms with Crippen LogP contribution >= 0.6 is 22.7 Å². The first-order valence-electron chi connectivity index (χ1n) is 8.39. The first-order chi connectivity index (χ1) is 13.5. The van der Waals surface area contributed by atoms with Gasteiger partial charge in [0.25, 0.3) is 5.91 Å². The summed E-state index contributed by atoms with van der Waals surface area (Å²) in [5.41, 5.74) is 1.43. The Labute approximate surface area is 169 Å². The summed E-state index contributed by atoms with van der Waals surface area (Å²) in [7, 11) is 1.38. The minimum Gasteiger partial charge on any atom is -0.493 e. The van der Waals surface area contributed by atoms with E-state index >= 15 is 0 Å². The highest BCUT2D eigenvalue weighted by molar-refractivity contribution is 7.22. The normalized spacial score (nSPS) is 10.9. The maximum Gasteiger partial charge on any atom is 0.387 e. The first-order valence-corrected chi connectivity index (χ1v) is 10.1. The number of rotatable bonds is 8. The Morgan fingerprint density at radius 3 is 2.79 bits per heavy atom. The van der Waals surface area contributed by atoms with Crippen LogP contribution in [-0.2, 0) is 6.42 Å². The molecule has 28 heavy (non-hydrogen) atoms. The van der Waals surface area contributed by atoms with Crippen LogP contribution in [0, 0.1) is 6.92 Å². The number of aromatic nitrogens is 1. The minimum atomic E-state index is -2.93. The molecule has 3 aromatic rings. The fourth-order valence-electron chi connectivity index (χ4n) is 2.58. The molecule has 1 amide bonds. The zero-order valence-electron chi connectivity index (χ0n) is 15.2. The molecule has 1 N–H and O–H groups in total. The second-order valence-corrected chi connectivity index (χ2v) is 7.73. The Morgan fingerprint density at radius 1 is 1.29 bits per heavy atom. The first kappa shape index (κ1) is 20.2. The van der Waals surface area contributed by atoms with E-state index < -0.39 is 6.61 Å². The second kappa shape index (κ2) is 9.11. The highest BCUT2D eigenvalue weighted by Gasteiger charge is 2.17. The smallest absolute Gasteiger partial charge is 0.387 e. The van der Waals surface area contributed by atoms with Crippen molar-refractivity contribution in [1.29, 1.82) is 0 Å². The summed E-state index contributed by atoms with van der Waals surface area (Å²) >= 11 is 2.93. The summed E-state index contributed by atoms with van der Waals surface area (Å²) in [4.78, 5) is 18.5. The quantitative estimate of drug-likeness (QED) is 0.566. The molecular formula is C19H18F2N2O3S2. The number of nitrogens with one attached hydrogen (secondary N) is 1. The highest BCUT2D eigenvalue weighted by atomic mass is 32.1.